The summed E-state index contributed by atoms with van der Waals surface area (Å²) in [6, 6.07) is 0. The molecule has 0 aromatic carbocycles. The van der Waals surface area contributed by atoms with Gasteiger partial charge in [0.25, 0.3) is 0 Å². The molecule has 0 rings (SSSR count). The van der Waals surface area contributed by atoms with Crippen LogP contribution in [0.5, 0.6) is 0 Å². The van der Waals surface area contributed by atoms with Gasteiger partial charge in [-0.3, -0.25) is 0 Å². The Hall–Kier alpha value is 1.14. The first-order valence-electron chi connectivity index (χ1n) is 8.78. The zero-order valence-corrected chi connectivity index (χ0v) is 19.4. The Morgan fingerprint density at radius 3 is 1.43 bits per heavy atom. The fraction of sp³-hybridized carbons (Fsp3) is 1.00. The maximum Gasteiger partial charge on any atom is 1.00 e. The SMILES string of the molecule is CCCCC(CC)CP(=O)(CC(CC)CCCC)S(=O)(=O)[O-].[Na+]. The average Bonchev–Trinajstić information content (AvgIpc) is 2.46. The first kappa shape index (κ1) is 26.4. The molecule has 0 aliphatic heterocycles. The molecule has 0 spiro atoms. The van der Waals surface area contributed by atoms with Crippen LogP contribution in [-0.2, 0) is 14.3 Å². The van der Waals surface area contributed by atoms with Gasteiger partial charge in [-0.1, -0.05) is 66.2 Å². The third kappa shape index (κ3) is 10.0. The summed E-state index contributed by atoms with van der Waals surface area (Å²) in [6.07, 6.45) is 3.77. The standard InChI is InChI=1S/C16H35O4PS.Na/c1-5-9-11-15(7-3)13-21(17,22(18,19)20)14-16(8-4)12-10-6-2;/h15-16H,5-14H2,1-4H3,(H,18,19,20);/q;+1/p-1. The zero-order chi connectivity index (χ0) is 17.2. The fourth-order valence-electron chi connectivity index (χ4n) is 2.88. The van der Waals surface area contributed by atoms with Gasteiger partial charge in [0.05, 0.1) is 0 Å². The quantitative estimate of drug-likeness (QED) is 0.281. The molecular weight excluding hydrogens is 342 g/mol. The van der Waals surface area contributed by atoms with Gasteiger partial charge in [-0.25, -0.2) is 8.42 Å². The van der Waals surface area contributed by atoms with Gasteiger partial charge >= 0.3 is 29.6 Å². The van der Waals surface area contributed by atoms with Crippen LogP contribution in [0.25, 0.3) is 0 Å². The molecule has 0 aromatic heterocycles. The Kier molecular flexibility index (Phi) is 15.3. The van der Waals surface area contributed by atoms with Crippen molar-refractivity contribution in [2.45, 2.75) is 79.1 Å². The fourth-order valence-corrected chi connectivity index (χ4v) is 8.21. The molecule has 7 heteroatoms. The first-order valence-corrected chi connectivity index (χ1v) is 12.9. The van der Waals surface area contributed by atoms with Crippen LogP contribution in [0.2, 0.25) is 0 Å². The number of hydrogen-bond donors (Lipinski definition) is 0. The normalized spacial score (nSPS) is 17.1. The molecule has 0 saturated carbocycles. The smallest absolute Gasteiger partial charge is 0.742 e. The van der Waals surface area contributed by atoms with E-state index in [9.17, 15) is 17.5 Å². The Labute approximate surface area is 165 Å². The Morgan fingerprint density at radius 1 is 0.870 bits per heavy atom. The van der Waals surface area contributed by atoms with Crippen LogP contribution >= 0.6 is 6.34 Å². The van der Waals surface area contributed by atoms with Crippen LogP contribution < -0.4 is 29.6 Å². The molecule has 23 heavy (non-hydrogen) atoms. The van der Waals surface area contributed by atoms with Crippen LogP contribution in [-0.4, -0.2) is 25.3 Å². The summed E-state index contributed by atoms with van der Waals surface area (Å²) in [6.45, 7) is 8.12. The van der Waals surface area contributed by atoms with E-state index < -0.39 is 16.1 Å². The molecule has 2 atom stereocenters. The van der Waals surface area contributed by atoms with Gasteiger partial charge in [0.1, 0.15) is 9.74 Å². The van der Waals surface area contributed by atoms with E-state index in [0.717, 1.165) is 51.4 Å². The Morgan fingerprint density at radius 2 is 1.22 bits per heavy atom. The second kappa shape index (κ2) is 13.4. The van der Waals surface area contributed by atoms with Crippen molar-refractivity contribution in [1.29, 1.82) is 0 Å². The molecule has 2 unspecified atom stereocenters. The van der Waals surface area contributed by atoms with Crippen molar-refractivity contribution >= 4 is 16.1 Å². The van der Waals surface area contributed by atoms with Gasteiger partial charge in [-0.2, -0.15) is 0 Å². The van der Waals surface area contributed by atoms with Crippen molar-refractivity contribution in [2.24, 2.45) is 11.8 Å². The third-order valence-corrected chi connectivity index (χ3v) is 10.9. The second-order valence-corrected chi connectivity index (χ2v) is 13.0. The van der Waals surface area contributed by atoms with Crippen LogP contribution in [0.3, 0.4) is 0 Å². The van der Waals surface area contributed by atoms with Crippen molar-refractivity contribution in [2.75, 3.05) is 12.3 Å². The summed E-state index contributed by atoms with van der Waals surface area (Å²) >= 11 is 0. The van der Waals surface area contributed by atoms with Gasteiger partial charge in [0.2, 0.25) is 0 Å². The van der Waals surface area contributed by atoms with Crippen LogP contribution in [0.4, 0.5) is 0 Å². The molecule has 0 aromatic rings. The molecule has 134 valence electrons. The molecule has 4 nitrogen and oxygen atoms in total. The van der Waals surface area contributed by atoms with Gasteiger partial charge < -0.3 is 9.12 Å². The predicted molar refractivity (Wildman–Crippen MR) is 93.6 cm³/mol. The maximum absolute atomic E-state index is 13.0. The summed E-state index contributed by atoms with van der Waals surface area (Å²) in [7, 11) is -4.72. The van der Waals surface area contributed by atoms with E-state index in [1.807, 2.05) is 13.8 Å². The minimum absolute atomic E-state index is 0. The molecule has 0 N–H and O–H groups in total. The topological polar surface area (TPSA) is 74.3 Å². The van der Waals surface area contributed by atoms with E-state index in [-0.39, 0.29) is 53.7 Å². The number of unbranched alkanes of at least 4 members (excludes halogenated alkanes) is 2. The Bertz CT molecular complexity index is 417. The molecule has 0 amide bonds. The van der Waals surface area contributed by atoms with Crippen molar-refractivity contribution < 1.29 is 47.1 Å². The summed E-state index contributed by atoms with van der Waals surface area (Å²) in [5, 5.41) is 0. The largest absolute Gasteiger partial charge is 1.00 e. The summed E-state index contributed by atoms with van der Waals surface area (Å²) < 4.78 is 48.1. The van der Waals surface area contributed by atoms with E-state index in [0.29, 0.717) is 0 Å². The van der Waals surface area contributed by atoms with Crippen molar-refractivity contribution in [3.8, 4) is 0 Å². The summed E-state index contributed by atoms with van der Waals surface area (Å²) in [4.78, 5) is 0. The van der Waals surface area contributed by atoms with E-state index in [2.05, 4.69) is 13.8 Å². The zero-order valence-electron chi connectivity index (χ0n) is 15.7. The van der Waals surface area contributed by atoms with E-state index in [4.69, 9.17) is 0 Å². The average molecular weight is 376 g/mol. The second-order valence-electron chi connectivity index (χ2n) is 6.44. The summed E-state index contributed by atoms with van der Waals surface area (Å²) in [5.74, 6) is 0.163. The van der Waals surface area contributed by atoms with Gasteiger partial charge in [-0.15, -0.1) is 0 Å². The molecule has 0 bridgehead atoms. The van der Waals surface area contributed by atoms with Crippen LogP contribution in [0.15, 0.2) is 0 Å². The first-order chi connectivity index (χ1) is 10.2. The molecule has 0 aliphatic carbocycles. The van der Waals surface area contributed by atoms with Gasteiger partial charge in [0.15, 0.2) is 6.34 Å². The van der Waals surface area contributed by atoms with Crippen molar-refractivity contribution in [1.82, 2.24) is 0 Å². The monoisotopic (exact) mass is 376 g/mol. The maximum atomic E-state index is 13.0. The minimum atomic E-state index is -4.72. The van der Waals surface area contributed by atoms with Crippen molar-refractivity contribution in [3.05, 3.63) is 0 Å². The molecule has 0 radical (unpaired) electrons. The number of hydrogen-bond acceptors (Lipinski definition) is 4. The molecule has 0 aliphatic rings. The van der Waals surface area contributed by atoms with E-state index in [1.54, 1.807) is 0 Å². The Balaban J connectivity index is 0. The van der Waals surface area contributed by atoms with Crippen LogP contribution in [0.1, 0.15) is 79.1 Å². The molecule has 0 heterocycles. The van der Waals surface area contributed by atoms with Crippen molar-refractivity contribution in [3.63, 3.8) is 0 Å². The third-order valence-electron chi connectivity index (χ3n) is 4.57. The molecular formula is C16H34NaO4PS. The predicted octanol–water partition coefficient (Wildman–Crippen LogP) is 2.25. The van der Waals surface area contributed by atoms with Crippen LogP contribution in [0, 0.1) is 11.8 Å². The van der Waals surface area contributed by atoms with E-state index in [1.165, 1.54) is 0 Å². The number of rotatable bonds is 13. The van der Waals surface area contributed by atoms with E-state index >= 15 is 0 Å². The minimum Gasteiger partial charge on any atom is -0.742 e. The molecule has 0 saturated heterocycles. The molecule has 0 fully saturated rings. The van der Waals surface area contributed by atoms with Gasteiger partial charge in [-0.05, 0) is 24.7 Å². The summed E-state index contributed by atoms with van der Waals surface area (Å²) in [5.41, 5.74) is 0. The van der Waals surface area contributed by atoms with Gasteiger partial charge in [0, 0.05) is 12.3 Å².